The number of alkyl halides is 3. The first-order valence-corrected chi connectivity index (χ1v) is 6.96. The number of benzene rings is 1. The molecule has 0 aliphatic rings. The van der Waals surface area contributed by atoms with Crippen molar-refractivity contribution in [3.8, 4) is 5.75 Å². The average molecular weight is 301 g/mol. The molecule has 1 aromatic rings. The summed E-state index contributed by atoms with van der Waals surface area (Å²) in [6.07, 6.45) is -1.55. The predicted octanol–water partition coefficient (Wildman–Crippen LogP) is 4.33. The van der Waals surface area contributed by atoms with Crippen molar-refractivity contribution in [2.45, 2.75) is 45.8 Å². The quantitative estimate of drug-likeness (QED) is 0.794. The molecule has 0 aromatic heterocycles. The highest BCUT2D eigenvalue weighted by molar-refractivity contribution is 5.39. The fourth-order valence-corrected chi connectivity index (χ4v) is 1.80. The lowest BCUT2D eigenvalue weighted by atomic mass is 10.0. The van der Waals surface area contributed by atoms with Crippen LogP contribution in [-0.4, -0.2) is 12.6 Å². The zero-order valence-electron chi connectivity index (χ0n) is 12.6. The Hall–Kier alpha value is -1.49. The molecule has 0 heterocycles. The Morgan fingerprint density at radius 2 is 2.00 bits per heavy atom. The highest BCUT2D eigenvalue weighted by Crippen LogP contribution is 2.37. The summed E-state index contributed by atoms with van der Waals surface area (Å²) in [7, 11) is 0. The molecule has 0 spiro atoms. The lowest BCUT2D eigenvalue weighted by molar-refractivity contribution is -0.138. The summed E-state index contributed by atoms with van der Waals surface area (Å²) in [5.74, 6) is -0.145. The van der Waals surface area contributed by atoms with Gasteiger partial charge in [0, 0.05) is 6.04 Å². The van der Waals surface area contributed by atoms with E-state index in [0.717, 1.165) is 18.1 Å². The molecule has 1 aromatic carbocycles. The minimum absolute atomic E-state index is 0.124. The van der Waals surface area contributed by atoms with Gasteiger partial charge in [-0.15, -0.1) is 0 Å². The highest BCUT2D eigenvalue weighted by atomic mass is 19.4. The smallest absolute Gasteiger partial charge is 0.419 e. The lowest BCUT2D eigenvalue weighted by Crippen LogP contribution is -2.21. The van der Waals surface area contributed by atoms with E-state index in [1.54, 1.807) is 12.1 Å². The molecule has 0 aliphatic heterocycles. The maximum absolute atomic E-state index is 13.1. The van der Waals surface area contributed by atoms with Crippen molar-refractivity contribution in [2.75, 3.05) is 6.61 Å². The molecule has 1 rings (SSSR count). The predicted molar refractivity (Wildman–Crippen MR) is 78.3 cm³/mol. The van der Waals surface area contributed by atoms with E-state index in [4.69, 9.17) is 10.5 Å². The topological polar surface area (TPSA) is 35.2 Å². The maximum Gasteiger partial charge on any atom is 0.419 e. The van der Waals surface area contributed by atoms with Gasteiger partial charge in [0.2, 0.25) is 0 Å². The van der Waals surface area contributed by atoms with Gasteiger partial charge in [0.05, 0.1) is 5.56 Å². The van der Waals surface area contributed by atoms with E-state index in [9.17, 15) is 13.2 Å². The molecular formula is C16H22F3NO. The third kappa shape index (κ3) is 5.79. The van der Waals surface area contributed by atoms with Crippen LogP contribution in [0.15, 0.2) is 29.8 Å². The summed E-state index contributed by atoms with van der Waals surface area (Å²) in [5.41, 5.74) is 6.62. The number of halogens is 3. The molecule has 1 unspecified atom stereocenters. The molecule has 0 saturated carbocycles. The maximum atomic E-state index is 13.1. The van der Waals surface area contributed by atoms with E-state index in [-0.39, 0.29) is 18.4 Å². The van der Waals surface area contributed by atoms with Crippen LogP contribution in [0.25, 0.3) is 0 Å². The first-order chi connectivity index (χ1) is 9.74. The van der Waals surface area contributed by atoms with E-state index in [1.165, 1.54) is 6.07 Å². The van der Waals surface area contributed by atoms with Crippen LogP contribution in [0, 0.1) is 0 Å². The Morgan fingerprint density at radius 1 is 1.33 bits per heavy atom. The second-order valence-electron chi connectivity index (χ2n) is 5.29. The van der Waals surface area contributed by atoms with E-state index in [1.807, 2.05) is 20.8 Å². The Balaban J connectivity index is 3.00. The SMILES string of the molecule is CCC(N)Cc1ccc(OCC=C(C)C)c(C(F)(F)F)c1. The fourth-order valence-electron chi connectivity index (χ4n) is 1.80. The number of allylic oxidation sites excluding steroid dienone is 1. The van der Waals surface area contributed by atoms with Gasteiger partial charge >= 0.3 is 6.18 Å². The second-order valence-corrected chi connectivity index (χ2v) is 5.29. The molecule has 0 amide bonds. The third-order valence-corrected chi connectivity index (χ3v) is 3.10. The van der Waals surface area contributed by atoms with Crippen molar-refractivity contribution < 1.29 is 17.9 Å². The van der Waals surface area contributed by atoms with Crippen molar-refractivity contribution in [1.82, 2.24) is 0 Å². The van der Waals surface area contributed by atoms with Gasteiger partial charge in [-0.05, 0) is 50.5 Å². The largest absolute Gasteiger partial charge is 0.489 e. The Labute approximate surface area is 123 Å². The van der Waals surface area contributed by atoms with Gasteiger partial charge in [-0.3, -0.25) is 0 Å². The molecule has 1 atom stereocenters. The Kier molecular flexibility index (Phi) is 6.27. The van der Waals surface area contributed by atoms with Crippen molar-refractivity contribution in [1.29, 1.82) is 0 Å². The number of hydrogen-bond acceptors (Lipinski definition) is 2. The van der Waals surface area contributed by atoms with Gasteiger partial charge in [-0.2, -0.15) is 13.2 Å². The van der Waals surface area contributed by atoms with Crippen LogP contribution < -0.4 is 10.5 Å². The van der Waals surface area contributed by atoms with Crippen LogP contribution in [0.5, 0.6) is 5.75 Å². The number of hydrogen-bond donors (Lipinski definition) is 1. The zero-order valence-corrected chi connectivity index (χ0v) is 12.6. The molecule has 0 saturated heterocycles. The van der Waals surface area contributed by atoms with Gasteiger partial charge in [0.1, 0.15) is 12.4 Å². The molecule has 0 radical (unpaired) electrons. The number of rotatable bonds is 6. The van der Waals surface area contributed by atoms with Gasteiger partial charge in [-0.25, -0.2) is 0 Å². The summed E-state index contributed by atoms with van der Waals surface area (Å²) < 4.78 is 44.6. The minimum atomic E-state index is -4.44. The molecule has 2 nitrogen and oxygen atoms in total. The van der Waals surface area contributed by atoms with Crippen molar-refractivity contribution in [3.63, 3.8) is 0 Å². The summed E-state index contributed by atoms with van der Waals surface area (Å²) in [6.45, 7) is 5.76. The summed E-state index contributed by atoms with van der Waals surface area (Å²) in [4.78, 5) is 0. The standard InChI is InChI=1S/C16H22F3NO/c1-4-13(20)9-12-5-6-15(21-8-7-11(2)3)14(10-12)16(17,18)19/h5-7,10,13H,4,8-9,20H2,1-3H3. The fraction of sp³-hybridized carbons (Fsp3) is 0.500. The normalized spacial score (nSPS) is 12.9. The first kappa shape index (κ1) is 17.6. The van der Waals surface area contributed by atoms with Crippen LogP contribution in [0.2, 0.25) is 0 Å². The number of nitrogens with two attached hydrogens (primary N) is 1. The molecule has 0 bridgehead atoms. The highest BCUT2D eigenvalue weighted by Gasteiger charge is 2.34. The molecule has 21 heavy (non-hydrogen) atoms. The number of ether oxygens (including phenoxy) is 1. The van der Waals surface area contributed by atoms with Gasteiger partial charge in [-0.1, -0.05) is 18.6 Å². The van der Waals surface area contributed by atoms with Gasteiger partial charge in [0.15, 0.2) is 0 Å². The summed E-state index contributed by atoms with van der Waals surface area (Å²) >= 11 is 0. The molecular weight excluding hydrogens is 279 g/mol. The van der Waals surface area contributed by atoms with Crippen molar-refractivity contribution in [3.05, 3.63) is 41.0 Å². The van der Waals surface area contributed by atoms with Gasteiger partial charge < -0.3 is 10.5 Å². The van der Waals surface area contributed by atoms with E-state index in [0.29, 0.717) is 12.0 Å². The van der Waals surface area contributed by atoms with E-state index >= 15 is 0 Å². The average Bonchev–Trinajstić information content (AvgIpc) is 2.38. The lowest BCUT2D eigenvalue weighted by Gasteiger charge is -2.16. The molecule has 5 heteroatoms. The first-order valence-electron chi connectivity index (χ1n) is 6.96. The molecule has 0 aliphatic carbocycles. The van der Waals surface area contributed by atoms with Crippen LogP contribution in [0.3, 0.4) is 0 Å². The molecule has 0 fully saturated rings. The van der Waals surface area contributed by atoms with Gasteiger partial charge in [0.25, 0.3) is 0 Å². The summed E-state index contributed by atoms with van der Waals surface area (Å²) in [6, 6.07) is 4.01. The zero-order chi connectivity index (χ0) is 16.0. The van der Waals surface area contributed by atoms with Crippen molar-refractivity contribution >= 4 is 0 Å². The molecule has 2 N–H and O–H groups in total. The third-order valence-electron chi connectivity index (χ3n) is 3.10. The minimum Gasteiger partial charge on any atom is -0.489 e. The van der Waals surface area contributed by atoms with Crippen LogP contribution in [0.4, 0.5) is 13.2 Å². The van der Waals surface area contributed by atoms with Crippen molar-refractivity contribution in [2.24, 2.45) is 5.73 Å². The van der Waals surface area contributed by atoms with E-state index in [2.05, 4.69) is 0 Å². The molecule has 118 valence electrons. The van der Waals surface area contributed by atoms with Crippen LogP contribution in [0.1, 0.15) is 38.3 Å². The van der Waals surface area contributed by atoms with Crippen LogP contribution >= 0.6 is 0 Å². The Bertz CT molecular complexity index is 491. The monoisotopic (exact) mass is 301 g/mol. The summed E-state index contributed by atoms with van der Waals surface area (Å²) in [5, 5.41) is 0. The van der Waals surface area contributed by atoms with E-state index < -0.39 is 11.7 Å². The Morgan fingerprint density at radius 3 is 2.52 bits per heavy atom. The second kappa shape index (κ2) is 7.50. The van der Waals surface area contributed by atoms with Crippen LogP contribution in [-0.2, 0) is 12.6 Å².